The van der Waals surface area contributed by atoms with Gasteiger partial charge in [-0.3, -0.25) is 0 Å². The Bertz CT molecular complexity index is 536. The lowest BCUT2D eigenvalue weighted by molar-refractivity contribution is 1.04. The lowest BCUT2D eigenvalue weighted by Gasteiger charge is -1.91. The molecular formula is C9H6N4. The summed E-state index contributed by atoms with van der Waals surface area (Å²) in [6, 6.07) is 7.73. The molecule has 13 heavy (non-hydrogen) atoms. The average Bonchev–Trinajstić information content (AvgIpc) is 2.61. The molecule has 4 nitrogen and oxygen atoms in total. The molecule has 0 amide bonds. The maximum absolute atomic E-state index is 4.33. The summed E-state index contributed by atoms with van der Waals surface area (Å²) >= 11 is 0. The Balaban J connectivity index is 2.58. The van der Waals surface area contributed by atoms with E-state index < -0.39 is 0 Å². The molecule has 4 heteroatoms. The van der Waals surface area contributed by atoms with Gasteiger partial charge in [0.15, 0.2) is 11.0 Å². The molecule has 0 unspecified atom stereocenters. The van der Waals surface area contributed by atoms with E-state index in [9.17, 15) is 0 Å². The first-order chi connectivity index (χ1) is 6.43. The molecular weight excluding hydrogens is 164 g/mol. The molecule has 1 aliphatic heterocycles. The maximum atomic E-state index is 4.33. The number of benzene rings is 1. The SMILES string of the molecule is c1ccc2nc3c(nc2c1)=NCN=3. The Morgan fingerprint density at radius 3 is 1.92 bits per heavy atom. The van der Waals surface area contributed by atoms with E-state index in [4.69, 9.17) is 0 Å². The fourth-order valence-corrected chi connectivity index (χ4v) is 1.36. The normalized spacial score (nSPS) is 13.5. The summed E-state index contributed by atoms with van der Waals surface area (Å²) in [4.78, 5) is 16.9. The molecule has 0 radical (unpaired) electrons. The third-order valence-corrected chi connectivity index (χ3v) is 1.98. The van der Waals surface area contributed by atoms with Crippen molar-refractivity contribution in [3.63, 3.8) is 0 Å². The van der Waals surface area contributed by atoms with E-state index in [0.717, 1.165) is 11.0 Å². The van der Waals surface area contributed by atoms with Gasteiger partial charge in [0, 0.05) is 0 Å². The van der Waals surface area contributed by atoms with Crippen LogP contribution in [-0.2, 0) is 0 Å². The number of rotatable bonds is 0. The minimum absolute atomic E-state index is 0.464. The Kier molecular flexibility index (Phi) is 1.19. The second kappa shape index (κ2) is 2.32. The van der Waals surface area contributed by atoms with Crippen LogP contribution in [0, 0.1) is 0 Å². The molecule has 0 aliphatic carbocycles. The third-order valence-electron chi connectivity index (χ3n) is 1.98. The van der Waals surface area contributed by atoms with Crippen LogP contribution in [0.25, 0.3) is 11.0 Å². The van der Waals surface area contributed by atoms with Gasteiger partial charge in [-0.1, -0.05) is 12.1 Å². The second-order valence-corrected chi connectivity index (χ2v) is 2.82. The van der Waals surface area contributed by atoms with Crippen LogP contribution in [0.15, 0.2) is 34.3 Å². The number of para-hydroxylation sites is 2. The van der Waals surface area contributed by atoms with Crippen LogP contribution in [0.5, 0.6) is 0 Å². The minimum atomic E-state index is 0.464. The highest BCUT2D eigenvalue weighted by molar-refractivity contribution is 5.72. The number of aromatic nitrogens is 2. The molecule has 0 N–H and O–H groups in total. The number of nitrogens with zero attached hydrogens (tertiary/aromatic N) is 4. The summed E-state index contributed by atoms with van der Waals surface area (Å²) in [7, 11) is 0. The summed E-state index contributed by atoms with van der Waals surface area (Å²) < 4.78 is 0. The van der Waals surface area contributed by atoms with Crippen LogP contribution in [0.2, 0.25) is 0 Å². The van der Waals surface area contributed by atoms with Gasteiger partial charge < -0.3 is 0 Å². The summed E-state index contributed by atoms with van der Waals surface area (Å²) in [6.45, 7) is 0.464. The Hall–Kier alpha value is -1.84. The molecule has 3 rings (SSSR count). The molecule has 0 fully saturated rings. The summed E-state index contributed by atoms with van der Waals surface area (Å²) in [6.07, 6.45) is 0. The molecule has 1 aliphatic rings. The Morgan fingerprint density at radius 1 is 0.846 bits per heavy atom. The lowest BCUT2D eigenvalue weighted by atomic mass is 10.3. The number of fused-ring (bicyclic) bond motifs is 2. The van der Waals surface area contributed by atoms with Crippen LogP contribution in [-0.4, -0.2) is 16.6 Å². The molecule has 2 heterocycles. The van der Waals surface area contributed by atoms with Crippen molar-refractivity contribution in [3.05, 3.63) is 35.2 Å². The third kappa shape index (κ3) is 0.917. The zero-order chi connectivity index (χ0) is 8.67. The smallest absolute Gasteiger partial charge is 0.195 e. The second-order valence-electron chi connectivity index (χ2n) is 2.82. The van der Waals surface area contributed by atoms with Gasteiger partial charge in [-0.15, -0.1) is 0 Å². The molecule has 0 spiro atoms. The van der Waals surface area contributed by atoms with E-state index in [1.165, 1.54) is 0 Å². The van der Waals surface area contributed by atoms with Crippen molar-refractivity contribution in [1.29, 1.82) is 0 Å². The summed E-state index contributed by atoms with van der Waals surface area (Å²) in [5.41, 5.74) is 3.08. The summed E-state index contributed by atoms with van der Waals surface area (Å²) in [5, 5.41) is 0. The molecule has 0 saturated heterocycles. The van der Waals surface area contributed by atoms with Crippen LogP contribution in [0.1, 0.15) is 0 Å². The molecule has 62 valence electrons. The van der Waals surface area contributed by atoms with Gasteiger partial charge in [-0.2, -0.15) is 0 Å². The molecule has 0 bridgehead atoms. The fourth-order valence-electron chi connectivity index (χ4n) is 1.36. The Morgan fingerprint density at radius 2 is 1.38 bits per heavy atom. The molecule has 1 aromatic carbocycles. The van der Waals surface area contributed by atoms with Crippen molar-refractivity contribution in [2.45, 2.75) is 0 Å². The van der Waals surface area contributed by atoms with Gasteiger partial charge in [0.05, 0.1) is 11.0 Å². The van der Waals surface area contributed by atoms with Gasteiger partial charge in [0.2, 0.25) is 0 Å². The molecule has 2 aromatic rings. The maximum Gasteiger partial charge on any atom is 0.195 e. The van der Waals surface area contributed by atoms with Crippen molar-refractivity contribution in [2.75, 3.05) is 6.67 Å². The van der Waals surface area contributed by atoms with Crippen LogP contribution >= 0.6 is 0 Å². The first-order valence-corrected chi connectivity index (χ1v) is 4.05. The van der Waals surface area contributed by atoms with Crippen molar-refractivity contribution in [1.82, 2.24) is 9.97 Å². The van der Waals surface area contributed by atoms with Crippen LogP contribution in [0.4, 0.5) is 0 Å². The largest absolute Gasteiger partial charge is 0.240 e. The summed E-state index contributed by atoms with van der Waals surface area (Å²) in [5.74, 6) is 0. The van der Waals surface area contributed by atoms with E-state index in [2.05, 4.69) is 20.0 Å². The van der Waals surface area contributed by atoms with E-state index in [1.54, 1.807) is 0 Å². The van der Waals surface area contributed by atoms with E-state index in [-0.39, 0.29) is 0 Å². The predicted octanol–water partition coefficient (Wildman–Crippen LogP) is -0.160. The van der Waals surface area contributed by atoms with Crippen LogP contribution in [0.3, 0.4) is 0 Å². The van der Waals surface area contributed by atoms with Gasteiger partial charge in [-0.25, -0.2) is 20.0 Å². The highest BCUT2D eigenvalue weighted by Gasteiger charge is 2.01. The number of hydrogen-bond acceptors (Lipinski definition) is 4. The van der Waals surface area contributed by atoms with E-state index in [1.807, 2.05) is 24.3 Å². The number of hydrogen-bond donors (Lipinski definition) is 0. The zero-order valence-electron chi connectivity index (χ0n) is 6.81. The van der Waals surface area contributed by atoms with Gasteiger partial charge in [-0.05, 0) is 12.1 Å². The zero-order valence-corrected chi connectivity index (χ0v) is 6.81. The van der Waals surface area contributed by atoms with Gasteiger partial charge >= 0.3 is 0 Å². The van der Waals surface area contributed by atoms with Crippen molar-refractivity contribution in [2.24, 2.45) is 9.98 Å². The standard InChI is InChI=1S/C9H6N4/c1-2-4-7-6(3-1)12-8-9(13-7)11-5-10-8/h1-4H,5H2. The minimum Gasteiger partial charge on any atom is -0.240 e. The van der Waals surface area contributed by atoms with Gasteiger partial charge in [0.1, 0.15) is 6.67 Å². The lowest BCUT2D eigenvalue weighted by Crippen LogP contribution is -2.28. The monoisotopic (exact) mass is 170 g/mol. The first kappa shape index (κ1) is 6.65. The van der Waals surface area contributed by atoms with Crippen molar-refractivity contribution >= 4 is 11.0 Å². The molecule has 1 aromatic heterocycles. The predicted molar refractivity (Wildman–Crippen MR) is 46.7 cm³/mol. The van der Waals surface area contributed by atoms with Crippen molar-refractivity contribution < 1.29 is 0 Å². The van der Waals surface area contributed by atoms with E-state index in [0.29, 0.717) is 17.6 Å². The quantitative estimate of drug-likeness (QED) is 0.551. The molecule has 0 saturated carbocycles. The topological polar surface area (TPSA) is 50.5 Å². The molecule has 0 atom stereocenters. The first-order valence-electron chi connectivity index (χ1n) is 4.05. The average molecular weight is 170 g/mol. The Labute approximate surface area is 73.7 Å². The fraction of sp³-hybridized carbons (Fsp3) is 0.111. The highest BCUT2D eigenvalue weighted by Crippen LogP contribution is 2.02. The van der Waals surface area contributed by atoms with Crippen molar-refractivity contribution in [3.8, 4) is 0 Å². The van der Waals surface area contributed by atoms with Gasteiger partial charge in [0.25, 0.3) is 0 Å². The highest BCUT2D eigenvalue weighted by atomic mass is 15.1. The van der Waals surface area contributed by atoms with E-state index >= 15 is 0 Å². The van der Waals surface area contributed by atoms with Crippen LogP contribution < -0.4 is 11.0 Å².